The highest BCUT2D eigenvalue weighted by molar-refractivity contribution is 6.03. The average Bonchev–Trinajstić information content (AvgIpc) is 3.18. The molecule has 2 heterocycles. The minimum atomic E-state index is -4.54. The normalized spacial score (nSPS) is 12.8. The van der Waals surface area contributed by atoms with Crippen LogP contribution in [0.1, 0.15) is 34.6 Å². The summed E-state index contributed by atoms with van der Waals surface area (Å²) in [6.45, 7) is 5.26. The van der Waals surface area contributed by atoms with Gasteiger partial charge >= 0.3 is 6.18 Å². The molecule has 2 aromatic heterocycles. The van der Waals surface area contributed by atoms with Crippen molar-refractivity contribution in [2.24, 2.45) is 12.0 Å². The van der Waals surface area contributed by atoms with Crippen LogP contribution < -0.4 is 16.6 Å². The van der Waals surface area contributed by atoms with E-state index in [-0.39, 0.29) is 34.2 Å². The number of nitrogens with two attached hydrogens (primary N) is 1. The van der Waals surface area contributed by atoms with E-state index in [1.165, 1.54) is 27.6 Å². The molecule has 0 saturated heterocycles. The van der Waals surface area contributed by atoms with E-state index in [1.54, 1.807) is 62.5 Å². The van der Waals surface area contributed by atoms with E-state index in [0.717, 1.165) is 6.08 Å². The topological polar surface area (TPSA) is 107 Å². The highest BCUT2D eigenvalue weighted by Crippen LogP contribution is 2.28. The van der Waals surface area contributed by atoms with Gasteiger partial charge in [-0.25, -0.2) is 9.67 Å². The summed E-state index contributed by atoms with van der Waals surface area (Å²) >= 11 is 0. The van der Waals surface area contributed by atoms with Crippen LogP contribution in [0.2, 0.25) is 0 Å². The molecule has 4 rings (SSSR count). The summed E-state index contributed by atoms with van der Waals surface area (Å²) in [4.78, 5) is 31.4. The molecule has 0 radical (unpaired) electrons. The molecule has 0 aliphatic carbocycles. The minimum absolute atomic E-state index is 0.0292. The number of rotatable bonds is 7. The van der Waals surface area contributed by atoms with Crippen LogP contribution in [0.3, 0.4) is 0 Å². The van der Waals surface area contributed by atoms with Gasteiger partial charge in [0.2, 0.25) is 0 Å². The number of aromatic nitrogens is 3. The Labute approximate surface area is 221 Å². The van der Waals surface area contributed by atoms with Gasteiger partial charge in [-0.05, 0) is 42.1 Å². The maximum atomic E-state index is 13.9. The monoisotopic (exact) mass is 534 g/mol. The van der Waals surface area contributed by atoms with E-state index in [4.69, 9.17) is 5.73 Å². The number of benzene rings is 2. The number of carbonyl (C=O) groups excluding carboxylic acids is 1. The van der Waals surface area contributed by atoms with E-state index in [1.807, 2.05) is 0 Å². The first kappa shape index (κ1) is 27.1. The minimum Gasteiger partial charge on any atom is -0.381 e. The second kappa shape index (κ2) is 10.8. The van der Waals surface area contributed by atoms with Crippen molar-refractivity contribution in [2.75, 3.05) is 5.73 Å². The number of nitrogens with one attached hydrogen (secondary N) is 1. The number of alkyl halides is 3. The van der Waals surface area contributed by atoms with Crippen molar-refractivity contribution in [3.8, 4) is 5.69 Å². The van der Waals surface area contributed by atoms with Gasteiger partial charge in [0.05, 0.1) is 11.4 Å². The van der Waals surface area contributed by atoms with Crippen LogP contribution in [0, 0.1) is 0 Å². The molecule has 39 heavy (non-hydrogen) atoms. The van der Waals surface area contributed by atoms with Gasteiger partial charge in [0.1, 0.15) is 5.56 Å². The lowest BCUT2D eigenvalue weighted by Crippen LogP contribution is -2.32. The molecule has 0 fully saturated rings. The number of para-hydroxylation sites is 1. The van der Waals surface area contributed by atoms with Gasteiger partial charge in [0.15, 0.2) is 11.6 Å². The maximum absolute atomic E-state index is 13.9. The second-order valence-electron chi connectivity index (χ2n) is 8.65. The van der Waals surface area contributed by atoms with Gasteiger partial charge in [-0.2, -0.15) is 18.3 Å². The van der Waals surface area contributed by atoms with Crippen LogP contribution in [-0.2, 0) is 7.05 Å². The molecule has 1 atom stereocenters. The van der Waals surface area contributed by atoms with Crippen LogP contribution in [0.25, 0.3) is 22.5 Å². The molecule has 8 nitrogen and oxygen atoms in total. The van der Waals surface area contributed by atoms with E-state index < -0.39 is 23.7 Å². The summed E-state index contributed by atoms with van der Waals surface area (Å²) < 4.78 is 41.5. The van der Waals surface area contributed by atoms with E-state index in [2.05, 4.69) is 22.0 Å². The predicted molar refractivity (Wildman–Crippen MR) is 146 cm³/mol. The predicted octanol–water partition coefficient (Wildman–Crippen LogP) is 5.26. The van der Waals surface area contributed by atoms with E-state index >= 15 is 0 Å². The van der Waals surface area contributed by atoms with Crippen LogP contribution in [0.15, 0.2) is 83.1 Å². The first-order chi connectivity index (χ1) is 18.5. The van der Waals surface area contributed by atoms with Gasteiger partial charge in [-0.3, -0.25) is 14.2 Å². The number of allylic oxidation sites excluding steroid dienone is 2. The molecule has 0 spiro atoms. The van der Waals surface area contributed by atoms with Crippen molar-refractivity contribution in [1.82, 2.24) is 19.7 Å². The molecule has 1 amide bonds. The van der Waals surface area contributed by atoms with Crippen LogP contribution in [0.5, 0.6) is 0 Å². The number of fused-ring (bicyclic) bond motifs is 1. The first-order valence-electron chi connectivity index (χ1n) is 11.8. The Balaban J connectivity index is 1.87. The molecule has 11 heteroatoms. The third kappa shape index (κ3) is 5.66. The molecule has 0 aliphatic rings. The Kier molecular flexibility index (Phi) is 7.52. The largest absolute Gasteiger partial charge is 0.409 e. The number of pyridine rings is 1. The van der Waals surface area contributed by atoms with Crippen molar-refractivity contribution < 1.29 is 18.0 Å². The Hall–Kier alpha value is -4.93. The summed E-state index contributed by atoms with van der Waals surface area (Å²) in [6, 6.07) is 14.2. The van der Waals surface area contributed by atoms with Crippen LogP contribution in [0.4, 0.5) is 24.8 Å². The molecule has 200 valence electrons. The fourth-order valence-electron chi connectivity index (χ4n) is 4.26. The Bertz CT molecular complexity index is 1670. The lowest BCUT2D eigenvalue weighted by atomic mass is 10.0. The number of aryl methyl sites for hydroxylation is 1. The highest BCUT2D eigenvalue weighted by atomic mass is 19.4. The fraction of sp³-hybridized carbons (Fsp3) is 0.143. The van der Waals surface area contributed by atoms with Crippen molar-refractivity contribution in [3.63, 3.8) is 0 Å². The number of carbonyl (C=O) groups is 1. The molecule has 4 aromatic rings. The Morgan fingerprint density at radius 1 is 1.18 bits per heavy atom. The van der Waals surface area contributed by atoms with E-state index in [0.29, 0.717) is 16.8 Å². The first-order valence-corrected chi connectivity index (χ1v) is 11.8. The molecule has 0 bridgehead atoms. The Morgan fingerprint density at radius 3 is 2.56 bits per heavy atom. The number of halogens is 3. The van der Waals surface area contributed by atoms with Crippen LogP contribution >= 0.6 is 0 Å². The third-order valence-electron chi connectivity index (χ3n) is 5.94. The zero-order valence-electron chi connectivity index (χ0n) is 21.1. The van der Waals surface area contributed by atoms with Crippen molar-refractivity contribution in [2.45, 2.75) is 19.1 Å². The molecule has 2 aromatic carbocycles. The van der Waals surface area contributed by atoms with Gasteiger partial charge in [-0.15, -0.1) is 0 Å². The molecular weight excluding hydrogens is 509 g/mol. The zero-order chi connectivity index (χ0) is 28.3. The summed E-state index contributed by atoms with van der Waals surface area (Å²) in [5, 5.41) is 7.46. The quantitative estimate of drug-likeness (QED) is 0.315. The van der Waals surface area contributed by atoms with Crippen LogP contribution in [-0.4, -0.2) is 32.6 Å². The van der Waals surface area contributed by atoms with Gasteiger partial charge in [-0.1, -0.05) is 49.1 Å². The summed E-state index contributed by atoms with van der Waals surface area (Å²) in [6.07, 6.45) is -0.727. The SMILES string of the molecule is C=C/C=N\c1c(C(=O)NC(C)c2cc3cccc(/C=C/C(F)(F)F)c3c(=O)n2-c2ccccc2)c(N)nn1C. The third-order valence-corrected chi connectivity index (χ3v) is 5.94. The number of amides is 1. The number of hydrogen-bond donors (Lipinski definition) is 2. The number of anilines is 1. The molecular formula is C28H25F3N6O2. The molecule has 0 aliphatic heterocycles. The summed E-state index contributed by atoms with van der Waals surface area (Å²) in [5.74, 6) is -0.381. The number of nitrogen functional groups attached to an aromatic ring is 1. The zero-order valence-corrected chi connectivity index (χ0v) is 21.1. The van der Waals surface area contributed by atoms with E-state index in [9.17, 15) is 22.8 Å². The van der Waals surface area contributed by atoms with Gasteiger partial charge in [0.25, 0.3) is 11.5 Å². The molecule has 0 saturated carbocycles. The Morgan fingerprint density at radius 2 is 1.90 bits per heavy atom. The van der Waals surface area contributed by atoms with Crippen molar-refractivity contribution in [1.29, 1.82) is 0 Å². The standard InChI is InChI=1S/C28H25F3N6O2/c1-4-15-33-25-23(24(32)35-36(25)3)26(38)34-17(2)21-16-19-10-8-9-18(13-14-28(29,30)31)22(19)27(39)37(21)20-11-6-5-7-12-20/h4-17H,1H2,2-3H3,(H2,32,35)(H,34,38)/b14-13+,33-15-. The fourth-order valence-corrected chi connectivity index (χ4v) is 4.26. The summed E-state index contributed by atoms with van der Waals surface area (Å²) in [5.41, 5.74) is 6.51. The lowest BCUT2D eigenvalue weighted by Gasteiger charge is -2.21. The number of nitrogens with zero attached hydrogens (tertiary/aromatic N) is 4. The maximum Gasteiger partial charge on any atom is 0.409 e. The number of hydrogen-bond acceptors (Lipinski definition) is 5. The lowest BCUT2D eigenvalue weighted by molar-refractivity contribution is -0.0790. The summed E-state index contributed by atoms with van der Waals surface area (Å²) in [7, 11) is 1.59. The second-order valence-corrected chi connectivity index (χ2v) is 8.65. The smallest absolute Gasteiger partial charge is 0.381 e. The number of aliphatic imine (C=N–C) groups is 1. The highest BCUT2D eigenvalue weighted by Gasteiger charge is 2.25. The molecule has 3 N–H and O–H groups in total. The average molecular weight is 535 g/mol. The van der Waals surface area contributed by atoms with Crippen molar-refractivity contribution in [3.05, 3.63) is 101 Å². The van der Waals surface area contributed by atoms with Gasteiger partial charge in [0, 0.05) is 30.7 Å². The molecule has 1 unspecified atom stereocenters. The van der Waals surface area contributed by atoms with Gasteiger partial charge < -0.3 is 11.1 Å². The van der Waals surface area contributed by atoms with Crippen molar-refractivity contribution >= 4 is 40.6 Å².